The van der Waals surface area contributed by atoms with E-state index in [-0.39, 0.29) is 0 Å². The number of aromatic nitrogens is 4. The number of para-hydroxylation sites is 3. The Morgan fingerprint density at radius 3 is 1.51 bits per heavy atom. The summed E-state index contributed by atoms with van der Waals surface area (Å²) in [6.45, 7) is 0. The second kappa shape index (κ2) is 12.4. The minimum absolute atomic E-state index is 0.658. The van der Waals surface area contributed by atoms with Crippen LogP contribution < -0.4 is 0 Å². The van der Waals surface area contributed by atoms with E-state index in [1.807, 2.05) is 48.5 Å². The summed E-state index contributed by atoms with van der Waals surface area (Å²) < 4.78 is 11.6. The van der Waals surface area contributed by atoms with Crippen molar-refractivity contribution < 1.29 is 4.42 Å². The smallest absolute Gasteiger partial charge is 0.161 e. The minimum atomic E-state index is 0.658. The van der Waals surface area contributed by atoms with Gasteiger partial charge < -0.3 is 13.6 Å². The summed E-state index contributed by atoms with van der Waals surface area (Å²) in [5.74, 6) is 0.658. The van der Waals surface area contributed by atoms with Crippen LogP contribution in [0.4, 0.5) is 0 Å². The van der Waals surface area contributed by atoms with Crippen LogP contribution >= 0.6 is 0 Å². The van der Waals surface area contributed by atoms with E-state index in [1.54, 1.807) is 0 Å². The van der Waals surface area contributed by atoms with E-state index in [0.29, 0.717) is 5.82 Å². The van der Waals surface area contributed by atoms with Gasteiger partial charge in [-0.25, -0.2) is 9.97 Å². The molecule has 0 radical (unpaired) electrons. The number of nitrogens with zero attached hydrogens (tertiary/aromatic N) is 4. The summed E-state index contributed by atoms with van der Waals surface area (Å²) in [4.78, 5) is 10.4. The van der Waals surface area contributed by atoms with Gasteiger partial charge in [0, 0.05) is 60.8 Å². The molecular weight excluding hydrogens is 697 g/mol. The third kappa shape index (κ3) is 4.82. The zero-order valence-corrected chi connectivity index (χ0v) is 30.7. The molecule has 4 heterocycles. The Hall–Kier alpha value is -7.76. The fourth-order valence-electron chi connectivity index (χ4n) is 8.84. The first kappa shape index (κ1) is 31.6. The second-order valence-electron chi connectivity index (χ2n) is 14.6. The average molecular weight is 729 g/mol. The van der Waals surface area contributed by atoms with Crippen LogP contribution in [0.5, 0.6) is 0 Å². The predicted octanol–water partition coefficient (Wildman–Crippen LogP) is 13.6. The third-order valence-electron chi connectivity index (χ3n) is 11.3. The van der Waals surface area contributed by atoms with Crippen molar-refractivity contribution in [3.63, 3.8) is 0 Å². The molecule has 5 heteroatoms. The molecular formula is C52H32N4O. The molecule has 0 aliphatic rings. The molecule has 4 aromatic heterocycles. The Morgan fingerprint density at radius 2 is 0.895 bits per heavy atom. The molecule has 12 aromatic rings. The molecule has 0 unspecified atom stereocenters. The zero-order chi connectivity index (χ0) is 37.5. The molecule has 0 aliphatic carbocycles. The molecule has 0 saturated heterocycles. The van der Waals surface area contributed by atoms with Gasteiger partial charge in [-0.2, -0.15) is 0 Å². The van der Waals surface area contributed by atoms with Crippen molar-refractivity contribution in [2.75, 3.05) is 0 Å². The van der Waals surface area contributed by atoms with Crippen LogP contribution in [-0.4, -0.2) is 19.1 Å². The summed E-state index contributed by atoms with van der Waals surface area (Å²) in [6, 6.07) is 68.2. The van der Waals surface area contributed by atoms with Crippen LogP contribution in [0.15, 0.2) is 199 Å². The number of hydrogen-bond acceptors (Lipinski definition) is 3. The Labute approximate surface area is 327 Å². The molecule has 0 bridgehead atoms. The molecule has 0 atom stereocenters. The topological polar surface area (TPSA) is 48.8 Å². The van der Waals surface area contributed by atoms with Gasteiger partial charge in [-0.05, 0) is 48.5 Å². The maximum absolute atomic E-state index is 6.76. The molecule has 266 valence electrons. The minimum Gasteiger partial charge on any atom is -0.456 e. The SMILES string of the molecule is c1ccc(-c2cc(-c3ccccc3)nc(-c3cccc4oc5cc(-n6c7ccccc7c7ccc8c9ccccc9n(-c9ccccc9)c8c76)ccc5c34)n2)cc1. The molecule has 5 nitrogen and oxygen atoms in total. The third-order valence-corrected chi connectivity index (χ3v) is 11.3. The second-order valence-corrected chi connectivity index (χ2v) is 14.6. The highest BCUT2D eigenvalue weighted by Gasteiger charge is 2.22. The molecule has 12 rings (SSSR count). The van der Waals surface area contributed by atoms with Crippen LogP contribution in [0.3, 0.4) is 0 Å². The van der Waals surface area contributed by atoms with Crippen molar-refractivity contribution >= 4 is 65.6 Å². The maximum Gasteiger partial charge on any atom is 0.161 e. The first-order valence-corrected chi connectivity index (χ1v) is 19.3. The number of hydrogen-bond donors (Lipinski definition) is 0. The number of benzene rings is 8. The fraction of sp³-hybridized carbons (Fsp3) is 0. The van der Waals surface area contributed by atoms with Crippen molar-refractivity contribution in [1.29, 1.82) is 0 Å². The van der Waals surface area contributed by atoms with E-state index in [1.165, 1.54) is 32.6 Å². The van der Waals surface area contributed by atoms with E-state index in [2.05, 4.69) is 155 Å². The first-order valence-electron chi connectivity index (χ1n) is 19.3. The molecule has 0 amide bonds. The van der Waals surface area contributed by atoms with Crippen LogP contribution in [-0.2, 0) is 0 Å². The Balaban J connectivity index is 1.11. The normalized spacial score (nSPS) is 11.9. The van der Waals surface area contributed by atoms with Crippen molar-refractivity contribution in [3.8, 4) is 45.3 Å². The van der Waals surface area contributed by atoms with E-state index in [9.17, 15) is 0 Å². The Morgan fingerprint density at radius 1 is 0.368 bits per heavy atom. The fourth-order valence-corrected chi connectivity index (χ4v) is 8.84. The molecule has 0 N–H and O–H groups in total. The van der Waals surface area contributed by atoms with Crippen LogP contribution in [0, 0.1) is 0 Å². The lowest BCUT2D eigenvalue weighted by molar-refractivity contribution is 0.668. The van der Waals surface area contributed by atoms with Gasteiger partial charge in [0.1, 0.15) is 11.2 Å². The summed E-state index contributed by atoms with van der Waals surface area (Å²) in [5, 5.41) is 6.86. The van der Waals surface area contributed by atoms with Crippen LogP contribution in [0.2, 0.25) is 0 Å². The molecule has 0 saturated carbocycles. The average Bonchev–Trinajstić information content (AvgIpc) is 3.94. The van der Waals surface area contributed by atoms with E-state index >= 15 is 0 Å². The van der Waals surface area contributed by atoms with Gasteiger partial charge in [-0.15, -0.1) is 0 Å². The highest BCUT2D eigenvalue weighted by Crippen LogP contribution is 2.43. The zero-order valence-electron chi connectivity index (χ0n) is 30.7. The van der Waals surface area contributed by atoms with Crippen LogP contribution in [0.1, 0.15) is 0 Å². The summed E-state index contributed by atoms with van der Waals surface area (Å²) in [5.41, 5.74) is 13.2. The lowest BCUT2D eigenvalue weighted by Gasteiger charge is -2.12. The van der Waals surface area contributed by atoms with Crippen molar-refractivity contribution in [1.82, 2.24) is 19.1 Å². The number of fused-ring (bicyclic) bond motifs is 10. The number of furan rings is 1. The van der Waals surface area contributed by atoms with Gasteiger partial charge in [0.15, 0.2) is 5.82 Å². The van der Waals surface area contributed by atoms with Gasteiger partial charge in [0.05, 0.1) is 39.1 Å². The Bertz CT molecular complexity index is 3450. The lowest BCUT2D eigenvalue weighted by atomic mass is 10.0. The largest absolute Gasteiger partial charge is 0.456 e. The monoisotopic (exact) mass is 728 g/mol. The van der Waals surface area contributed by atoms with E-state index < -0.39 is 0 Å². The molecule has 57 heavy (non-hydrogen) atoms. The van der Waals surface area contributed by atoms with E-state index in [0.717, 1.165) is 72.4 Å². The molecule has 0 spiro atoms. The van der Waals surface area contributed by atoms with Gasteiger partial charge in [0.25, 0.3) is 0 Å². The molecule has 8 aromatic carbocycles. The summed E-state index contributed by atoms with van der Waals surface area (Å²) in [7, 11) is 0. The maximum atomic E-state index is 6.76. The highest BCUT2D eigenvalue weighted by atomic mass is 16.3. The van der Waals surface area contributed by atoms with E-state index in [4.69, 9.17) is 14.4 Å². The molecule has 0 fully saturated rings. The standard InChI is InChI=1S/C52H32N4O/c1-4-15-33(16-5-1)43-32-44(34-17-6-2-7-18-34)54-52(53-43)42-23-14-26-47-49(42)41-28-27-36(31-48(41)57-47)56-46-25-13-11-22-38(46)40-30-29-39-37-21-10-12-24-45(37)55(50(39)51(40)56)35-19-8-3-9-20-35/h1-32H. The molecule has 0 aliphatic heterocycles. The summed E-state index contributed by atoms with van der Waals surface area (Å²) in [6.07, 6.45) is 0. The van der Waals surface area contributed by atoms with Crippen molar-refractivity contribution in [2.24, 2.45) is 0 Å². The van der Waals surface area contributed by atoms with Gasteiger partial charge in [-0.1, -0.05) is 140 Å². The first-order chi connectivity index (χ1) is 28.3. The van der Waals surface area contributed by atoms with Crippen LogP contribution in [0.25, 0.3) is 111 Å². The van der Waals surface area contributed by atoms with Crippen molar-refractivity contribution in [3.05, 3.63) is 194 Å². The van der Waals surface area contributed by atoms with Gasteiger partial charge >= 0.3 is 0 Å². The lowest BCUT2D eigenvalue weighted by Crippen LogP contribution is -1.98. The van der Waals surface area contributed by atoms with Gasteiger partial charge in [0.2, 0.25) is 0 Å². The Kier molecular flexibility index (Phi) is 6.86. The predicted molar refractivity (Wildman–Crippen MR) is 234 cm³/mol. The highest BCUT2D eigenvalue weighted by molar-refractivity contribution is 6.24. The quantitative estimate of drug-likeness (QED) is 0.177. The van der Waals surface area contributed by atoms with Gasteiger partial charge in [-0.3, -0.25) is 0 Å². The number of rotatable bonds is 5. The summed E-state index contributed by atoms with van der Waals surface area (Å²) >= 11 is 0. The van der Waals surface area contributed by atoms with Crippen molar-refractivity contribution in [2.45, 2.75) is 0 Å².